The summed E-state index contributed by atoms with van der Waals surface area (Å²) in [6.45, 7) is 1.98. The van der Waals surface area contributed by atoms with Crippen molar-refractivity contribution < 1.29 is 10.2 Å². The number of para-hydroxylation sites is 1. The first-order valence-corrected chi connectivity index (χ1v) is 5.93. The summed E-state index contributed by atoms with van der Waals surface area (Å²) < 4.78 is 0. The Morgan fingerprint density at radius 1 is 1.25 bits per heavy atom. The molecule has 1 aliphatic heterocycles. The van der Waals surface area contributed by atoms with Crippen molar-refractivity contribution in [3.8, 4) is 5.75 Å². The lowest BCUT2D eigenvalue weighted by atomic mass is 9.88. The van der Waals surface area contributed by atoms with Gasteiger partial charge in [-0.25, -0.2) is 0 Å². The third-order valence-corrected chi connectivity index (χ3v) is 3.35. The molecule has 1 atom stereocenters. The Hall–Kier alpha value is -1.06. The van der Waals surface area contributed by atoms with Gasteiger partial charge in [0.25, 0.3) is 0 Å². The Kier molecular flexibility index (Phi) is 3.80. The Balaban J connectivity index is 1.96. The van der Waals surface area contributed by atoms with Crippen molar-refractivity contribution in [1.82, 2.24) is 5.32 Å². The molecule has 3 nitrogen and oxygen atoms in total. The van der Waals surface area contributed by atoms with Gasteiger partial charge in [-0.1, -0.05) is 18.2 Å². The summed E-state index contributed by atoms with van der Waals surface area (Å²) in [5.41, 5.74) is 0.841. The van der Waals surface area contributed by atoms with Crippen molar-refractivity contribution in [3.05, 3.63) is 29.8 Å². The Morgan fingerprint density at radius 2 is 1.94 bits per heavy atom. The zero-order valence-corrected chi connectivity index (χ0v) is 9.39. The number of aromatic hydroxyl groups is 1. The van der Waals surface area contributed by atoms with E-state index in [4.69, 9.17) is 0 Å². The van der Waals surface area contributed by atoms with Crippen LogP contribution >= 0.6 is 0 Å². The van der Waals surface area contributed by atoms with Gasteiger partial charge in [0.2, 0.25) is 0 Å². The fraction of sp³-hybridized carbons (Fsp3) is 0.538. The minimum absolute atomic E-state index is 0.287. The number of aliphatic hydroxyl groups is 1. The SMILES string of the molecule is Oc1ccccc1CC(O)C1CCNCC1. The number of phenols is 1. The molecule has 1 aliphatic rings. The highest BCUT2D eigenvalue weighted by molar-refractivity contribution is 5.32. The molecule has 1 fully saturated rings. The lowest BCUT2D eigenvalue weighted by Crippen LogP contribution is -2.34. The zero-order chi connectivity index (χ0) is 11.4. The fourth-order valence-electron chi connectivity index (χ4n) is 2.30. The predicted octanol–water partition coefficient (Wildman–Crippen LogP) is 1.30. The average molecular weight is 221 g/mol. The lowest BCUT2D eigenvalue weighted by Gasteiger charge is -2.27. The van der Waals surface area contributed by atoms with Crippen molar-refractivity contribution in [2.45, 2.75) is 25.4 Å². The first kappa shape index (κ1) is 11.4. The van der Waals surface area contributed by atoms with Crippen LogP contribution in [0.2, 0.25) is 0 Å². The standard InChI is InChI=1S/C13H19NO2/c15-12-4-2-1-3-11(12)9-13(16)10-5-7-14-8-6-10/h1-4,10,13-16H,5-9H2. The first-order valence-electron chi connectivity index (χ1n) is 5.93. The van der Waals surface area contributed by atoms with E-state index in [0.29, 0.717) is 12.3 Å². The molecule has 0 radical (unpaired) electrons. The summed E-state index contributed by atoms with van der Waals surface area (Å²) >= 11 is 0. The number of piperidine rings is 1. The van der Waals surface area contributed by atoms with Crippen LogP contribution in [0, 0.1) is 5.92 Å². The maximum absolute atomic E-state index is 10.1. The van der Waals surface area contributed by atoms with Gasteiger partial charge in [-0.3, -0.25) is 0 Å². The Morgan fingerprint density at radius 3 is 2.62 bits per heavy atom. The van der Waals surface area contributed by atoms with Crippen molar-refractivity contribution in [3.63, 3.8) is 0 Å². The quantitative estimate of drug-likeness (QED) is 0.721. The van der Waals surface area contributed by atoms with E-state index in [9.17, 15) is 10.2 Å². The Labute approximate surface area is 96.1 Å². The van der Waals surface area contributed by atoms with Crippen LogP contribution in [0.25, 0.3) is 0 Å². The van der Waals surface area contributed by atoms with Crippen molar-refractivity contribution in [1.29, 1.82) is 0 Å². The van der Waals surface area contributed by atoms with Crippen LogP contribution in [0.5, 0.6) is 5.75 Å². The van der Waals surface area contributed by atoms with Crippen LogP contribution in [0.1, 0.15) is 18.4 Å². The number of phenolic OH excluding ortho intramolecular Hbond substituents is 1. The fourth-order valence-corrected chi connectivity index (χ4v) is 2.30. The summed E-state index contributed by atoms with van der Waals surface area (Å²) in [4.78, 5) is 0. The minimum atomic E-state index is -0.338. The molecule has 0 amide bonds. The van der Waals surface area contributed by atoms with E-state index < -0.39 is 0 Å². The Bertz CT molecular complexity index is 334. The van der Waals surface area contributed by atoms with Crippen LogP contribution in [0.15, 0.2) is 24.3 Å². The largest absolute Gasteiger partial charge is 0.508 e. The number of nitrogens with one attached hydrogen (secondary N) is 1. The van der Waals surface area contributed by atoms with Gasteiger partial charge in [0.05, 0.1) is 6.10 Å². The molecule has 0 bridgehead atoms. The molecule has 1 aromatic carbocycles. The monoisotopic (exact) mass is 221 g/mol. The lowest BCUT2D eigenvalue weighted by molar-refractivity contribution is 0.0885. The topological polar surface area (TPSA) is 52.5 Å². The van der Waals surface area contributed by atoms with Crippen molar-refractivity contribution in [2.75, 3.05) is 13.1 Å². The highest BCUT2D eigenvalue weighted by atomic mass is 16.3. The van der Waals surface area contributed by atoms with Gasteiger partial charge in [-0.05, 0) is 43.5 Å². The maximum Gasteiger partial charge on any atom is 0.118 e. The normalized spacial score (nSPS) is 19.6. The second kappa shape index (κ2) is 5.32. The predicted molar refractivity (Wildman–Crippen MR) is 63.4 cm³/mol. The smallest absolute Gasteiger partial charge is 0.118 e. The summed E-state index contributed by atoms with van der Waals surface area (Å²) in [6.07, 6.45) is 2.26. The number of hydrogen-bond acceptors (Lipinski definition) is 3. The van der Waals surface area contributed by atoms with Crippen LogP contribution in [-0.4, -0.2) is 29.4 Å². The molecular weight excluding hydrogens is 202 g/mol. The van der Waals surface area contributed by atoms with E-state index in [0.717, 1.165) is 31.5 Å². The van der Waals surface area contributed by atoms with Gasteiger partial charge >= 0.3 is 0 Å². The zero-order valence-electron chi connectivity index (χ0n) is 9.39. The molecule has 1 saturated heterocycles. The highest BCUT2D eigenvalue weighted by Crippen LogP contribution is 2.23. The van der Waals surface area contributed by atoms with E-state index >= 15 is 0 Å². The number of rotatable bonds is 3. The van der Waals surface area contributed by atoms with Crippen LogP contribution in [0.3, 0.4) is 0 Å². The third kappa shape index (κ3) is 2.74. The van der Waals surface area contributed by atoms with Gasteiger partial charge in [0.1, 0.15) is 5.75 Å². The molecule has 1 heterocycles. The molecule has 3 heteroatoms. The molecule has 88 valence electrons. The summed E-state index contributed by atoms with van der Waals surface area (Å²) in [5, 5.41) is 23.0. The van der Waals surface area contributed by atoms with Gasteiger partial charge < -0.3 is 15.5 Å². The van der Waals surface area contributed by atoms with Gasteiger partial charge in [-0.2, -0.15) is 0 Å². The second-order valence-corrected chi connectivity index (χ2v) is 4.49. The van der Waals surface area contributed by atoms with Crippen molar-refractivity contribution in [2.24, 2.45) is 5.92 Å². The van der Waals surface area contributed by atoms with Gasteiger partial charge in [0, 0.05) is 6.42 Å². The molecule has 1 unspecified atom stereocenters. The summed E-state index contributed by atoms with van der Waals surface area (Å²) in [5.74, 6) is 0.649. The molecule has 0 aliphatic carbocycles. The summed E-state index contributed by atoms with van der Waals surface area (Å²) in [6, 6.07) is 7.24. The van der Waals surface area contributed by atoms with Gasteiger partial charge in [-0.15, -0.1) is 0 Å². The summed E-state index contributed by atoms with van der Waals surface area (Å²) in [7, 11) is 0. The first-order chi connectivity index (χ1) is 7.77. The number of aliphatic hydroxyl groups excluding tert-OH is 1. The molecule has 1 aromatic rings. The second-order valence-electron chi connectivity index (χ2n) is 4.49. The number of benzene rings is 1. The molecule has 0 saturated carbocycles. The van der Waals surface area contributed by atoms with Crippen LogP contribution in [-0.2, 0) is 6.42 Å². The minimum Gasteiger partial charge on any atom is -0.508 e. The van der Waals surface area contributed by atoms with Crippen LogP contribution in [0.4, 0.5) is 0 Å². The van der Waals surface area contributed by atoms with E-state index in [-0.39, 0.29) is 11.9 Å². The van der Waals surface area contributed by atoms with Crippen LogP contribution < -0.4 is 5.32 Å². The highest BCUT2D eigenvalue weighted by Gasteiger charge is 2.22. The molecule has 3 N–H and O–H groups in total. The molecular formula is C13H19NO2. The van der Waals surface area contributed by atoms with E-state index in [1.807, 2.05) is 12.1 Å². The molecule has 0 spiro atoms. The third-order valence-electron chi connectivity index (χ3n) is 3.35. The maximum atomic E-state index is 10.1. The van der Waals surface area contributed by atoms with Crippen molar-refractivity contribution >= 4 is 0 Å². The number of hydrogen-bond donors (Lipinski definition) is 3. The van der Waals surface area contributed by atoms with E-state index in [1.54, 1.807) is 12.1 Å². The van der Waals surface area contributed by atoms with E-state index in [2.05, 4.69) is 5.32 Å². The van der Waals surface area contributed by atoms with E-state index in [1.165, 1.54) is 0 Å². The van der Waals surface area contributed by atoms with Gasteiger partial charge in [0.15, 0.2) is 0 Å². The average Bonchev–Trinajstić information content (AvgIpc) is 2.33. The molecule has 0 aromatic heterocycles. The molecule has 2 rings (SSSR count). The molecule has 16 heavy (non-hydrogen) atoms.